The minimum Gasteiger partial charge on any atom is -0.481 e. The van der Waals surface area contributed by atoms with Crippen molar-refractivity contribution in [3.63, 3.8) is 0 Å². The summed E-state index contributed by atoms with van der Waals surface area (Å²) in [4.78, 5) is 23.9. The number of hydrogen-bond donors (Lipinski definition) is 2. The Morgan fingerprint density at radius 3 is 2.41 bits per heavy atom. The fraction of sp³-hybridized carbons (Fsp3) is 0.647. The van der Waals surface area contributed by atoms with Gasteiger partial charge in [0.2, 0.25) is 0 Å². The van der Waals surface area contributed by atoms with Gasteiger partial charge in [-0.05, 0) is 30.9 Å². The molecule has 0 unspecified atom stereocenters. The Morgan fingerprint density at radius 1 is 1.23 bits per heavy atom. The zero-order valence-electron chi connectivity index (χ0n) is 13.4. The predicted octanol–water partition coefficient (Wildman–Crippen LogP) is 3.17. The number of aryl methyl sites for hydroxylation is 2. The highest BCUT2D eigenvalue weighted by Gasteiger charge is 2.40. The first kappa shape index (κ1) is 16.6. The first-order valence-electron chi connectivity index (χ1n) is 8.15. The molecule has 122 valence electrons. The summed E-state index contributed by atoms with van der Waals surface area (Å²) < 4.78 is 5.59. The highest BCUT2D eigenvalue weighted by atomic mass is 16.4. The number of carboxylic acid groups (broad SMARTS) is 1. The van der Waals surface area contributed by atoms with Crippen molar-refractivity contribution in [3.8, 4) is 0 Å². The molecule has 1 saturated carbocycles. The lowest BCUT2D eigenvalue weighted by molar-refractivity contribution is -0.150. The standard InChI is InChI=1S/C17H25NO4/c1-3-12-10-14(22-13(12)4-2)15(19)18-11-17(16(20)21)8-6-5-7-9-17/h10H,3-9,11H2,1-2H3,(H,18,19)(H,20,21). The monoisotopic (exact) mass is 307 g/mol. The molecule has 0 radical (unpaired) electrons. The van der Waals surface area contributed by atoms with Crippen LogP contribution in [-0.2, 0) is 17.6 Å². The minimum atomic E-state index is -0.818. The molecule has 1 aliphatic rings. The van der Waals surface area contributed by atoms with Gasteiger partial charge in [-0.3, -0.25) is 9.59 Å². The molecule has 1 aromatic heterocycles. The van der Waals surface area contributed by atoms with Crippen LogP contribution in [0.15, 0.2) is 10.5 Å². The van der Waals surface area contributed by atoms with Crippen molar-refractivity contribution in [2.75, 3.05) is 6.54 Å². The van der Waals surface area contributed by atoms with E-state index in [9.17, 15) is 14.7 Å². The van der Waals surface area contributed by atoms with Crippen molar-refractivity contribution in [1.82, 2.24) is 5.32 Å². The molecule has 1 aliphatic carbocycles. The highest BCUT2D eigenvalue weighted by molar-refractivity contribution is 5.92. The number of carboxylic acids is 1. The van der Waals surface area contributed by atoms with E-state index >= 15 is 0 Å². The van der Waals surface area contributed by atoms with Crippen molar-refractivity contribution < 1.29 is 19.1 Å². The predicted molar refractivity (Wildman–Crippen MR) is 83.0 cm³/mol. The van der Waals surface area contributed by atoms with Gasteiger partial charge >= 0.3 is 5.97 Å². The molecule has 1 heterocycles. The molecule has 0 aliphatic heterocycles. The van der Waals surface area contributed by atoms with E-state index in [-0.39, 0.29) is 18.2 Å². The highest BCUT2D eigenvalue weighted by Crippen LogP contribution is 2.36. The molecule has 5 nitrogen and oxygen atoms in total. The lowest BCUT2D eigenvalue weighted by Crippen LogP contribution is -2.44. The zero-order chi connectivity index (χ0) is 16.2. The molecule has 1 amide bonds. The Balaban J connectivity index is 2.05. The number of amides is 1. The number of carbonyl (C=O) groups is 2. The Labute approximate surface area is 131 Å². The molecular formula is C17H25NO4. The average molecular weight is 307 g/mol. The van der Waals surface area contributed by atoms with Gasteiger partial charge < -0.3 is 14.8 Å². The summed E-state index contributed by atoms with van der Waals surface area (Å²) in [5, 5.41) is 12.3. The second-order valence-corrected chi connectivity index (χ2v) is 6.09. The molecule has 1 fully saturated rings. The maximum Gasteiger partial charge on any atom is 0.311 e. The zero-order valence-corrected chi connectivity index (χ0v) is 13.4. The number of aliphatic carboxylic acids is 1. The van der Waals surface area contributed by atoms with E-state index < -0.39 is 11.4 Å². The average Bonchev–Trinajstić information content (AvgIpc) is 2.96. The summed E-state index contributed by atoms with van der Waals surface area (Å²) in [5.74, 6) is -0.0145. The maximum atomic E-state index is 12.3. The number of rotatable bonds is 6. The fourth-order valence-electron chi connectivity index (χ4n) is 3.21. The third kappa shape index (κ3) is 3.34. The van der Waals surface area contributed by atoms with E-state index in [1.54, 1.807) is 6.07 Å². The van der Waals surface area contributed by atoms with Crippen LogP contribution in [0.2, 0.25) is 0 Å². The second-order valence-electron chi connectivity index (χ2n) is 6.09. The summed E-state index contributed by atoms with van der Waals surface area (Å²) in [5.41, 5.74) is 0.222. The first-order chi connectivity index (χ1) is 10.5. The topological polar surface area (TPSA) is 79.5 Å². The first-order valence-corrected chi connectivity index (χ1v) is 8.15. The Morgan fingerprint density at radius 2 is 1.91 bits per heavy atom. The van der Waals surface area contributed by atoms with E-state index in [0.29, 0.717) is 12.8 Å². The molecule has 1 aromatic rings. The van der Waals surface area contributed by atoms with Crippen LogP contribution in [0.3, 0.4) is 0 Å². The van der Waals surface area contributed by atoms with Crippen molar-refractivity contribution >= 4 is 11.9 Å². The molecule has 0 atom stereocenters. The van der Waals surface area contributed by atoms with Gasteiger partial charge in [0.15, 0.2) is 5.76 Å². The van der Waals surface area contributed by atoms with Crippen LogP contribution < -0.4 is 5.32 Å². The van der Waals surface area contributed by atoms with Crippen molar-refractivity contribution in [2.24, 2.45) is 5.41 Å². The van der Waals surface area contributed by atoms with Crippen LogP contribution in [-0.4, -0.2) is 23.5 Å². The van der Waals surface area contributed by atoms with Gasteiger partial charge in [0.1, 0.15) is 5.76 Å². The molecular weight excluding hydrogens is 282 g/mol. The fourth-order valence-corrected chi connectivity index (χ4v) is 3.21. The van der Waals surface area contributed by atoms with Crippen LogP contribution in [0.5, 0.6) is 0 Å². The van der Waals surface area contributed by atoms with Gasteiger partial charge in [-0.15, -0.1) is 0 Å². The lowest BCUT2D eigenvalue weighted by atomic mass is 9.74. The largest absolute Gasteiger partial charge is 0.481 e. The molecule has 0 spiro atoms. The summed E-state index contributed by atoms with van der Waals surface area (Å²) in [6, 6.07) is 1.77. The Hall–Kier alpha value is -1.78. The van der Waals surface area contributed by atoms with Crippen LogP contribution in [0.1, 0.15) is 67.8 Å². The minimum absolute atomic E-state index is 0.171. The third-order valence-electron chi connectivity index (χ3n) is 4.67. The van der Waals surface area contributed by atoms with E-state index in [2.05, 4.69) is 5.32 Å². The van der Waals surface area contributed by atoms with Gasteiger partial charge in [-0.2, -0.15) is 0 Å². The summed E-state index contributed by atoms with van der Waals surface area (Å²) >= 11 is 0. The van der Waals surface area contributed by atoms with E-state index in [4.69, 9.17) is 4.42 Å². The van der Waals surface area contributed by atoms with Gasteiger partial charge in [-0.25, -0.2) is 0 Å². The number of nitrogens with one attached hydrogen (secondary N) is 1. The molecule has 2 N–H and O–H groups in total. The normalized spacial score (nSPS) is 17.2. The van der Waals surface area contributed by atoms with Gasteiger partial charge in [-0.1, -0.05) is 33.1 Å². The number of hydrogen-bond acceptors (Lipinski definition) is 3. The molecule has 0 saturated heterocycles. The third-order valence-corrected chi connectivity index (χ3v) is 4.67. The maximum absolute atomic E-state index is 12.3. The van der Waals surface area contributed by atoms with E-state index in [1.807, 2.05) is 13.8 Å². The Bertz CT molecular complexity index is 519. The molecule has 0 aromatic carbocycles. The van der Waals surface area contributed by atoms with E-state index in [0.717, 1.165) is 43.4 Å². The number of carbonyl (C=O) groups excluding carboxylic acids is 1. The molecule has 0 bridgehead atoms. The Kier molecular flexibility index (Phi) is 5.27. The summed E-state index contributed by atoms with van der Waals surface area (Å²) in [6.45, 7) is 4.18. The molecule has 22 heavy (non-hydrogen) atoms. The van der Waals surface area contributed by atoms with Crippen LogP contribution >= 0.6 is 0 Å². The van der Waals surface area contributed by atoms with Gasteiger partial charge in [0.05, 0.1) is 5.41 Å². The quantitative estimate of drug-likeness (QED) is 0.846. The second kappa shape index (κ2) is 6.99. The van der Waals surface area contributed by atoms with Gasteiger partial charge in [0.25, 0.3) is 5.91 Å². The summed E-state index contributed by atoms with van der Waals surface area (Å²) in [7, 11) is 0. The van der Waals surface area contributed by atoms with E-state index in [1.165, 1.54) is 0 Å². The molecule has 2 rings (SSSR count). The SMILES string of the molecule is CCc1cc(C(=O)NCC2(C(=O)O)CCCCC2)oc1CC. The van der Waals surface area contributed by atoms with Crippen molar-refractivity contribution in [3.05, 3.63) is 23.2 Å². The molecule has 5 heteroatoms. The summed E-state index contributed by atoms with van der Waals surface area (Å²) in [6.07, 6.45) is 5.70. The van der Waals surface area contributed by atoms with Crippen LogP contribution in [0.4, 0.5) is 0 Å². The van der Waals surface area contributed by atoms with Crippen LogP contribution in [0, 0.1) is 5.41 Å². The van der Waals surface area contributed by atoms with Crippen molar-refractivity contribution in [1.29, 1.82) is 0 Å². The van der Waals surface area contributed by atoms with Crippen LogP contribution in [0.25, 0.3) is 0 Å². The lowest BCUT2D eigenvalue weighted by Gasteiger charge is -2.33. The van der Waals surface area contributed by atoms with Crippen molar-refractivity contribution in [2.45, 2.75) is 58.8 Å². The smallest absolute Gasteiger partial charge is 0.311 e. The number of furan rings is 1. The van der Waals surface area contributed by atoms with Gasteiger partial charge in [0, 0.05) is 13.0 Å².